The number of carbonyl (C=O) groups excluding carboxylic acids is 3. The third-order valence-corrected chi connectivity index (χ3v) is 7.35. The maximum atomic E-state index is 12.1. The number of nitrogens with one attached hydrogen (secondary N) is 1. The minimum atomic E-state index is -1.24. The number of rotatable bonds is 29. The number of ether oxygens (including phenoxy) is 2. The number of hydrogen-bond donors (Lipinski definition) is 2. The first kappa shape index (κ1) is 39.1. The molecule has 0 aromatic rings. The van der Waals surface area contributed by atoms with Gasteiger partial charge < -0.3 is 19.9 Å². The Hall–Kier alpha value is -1.89. The molecule has 0 saturated carbocycles. The summed E-state index contributed by atoms with van der Waals surface area (Å²) in [5.74, 6) is -1.35. The SMILES string of the molecule is CCCCCCCCC=CCCCCCCCC(=O)OC(=O)NC(CO)C(=O)OCCCCCCCCCCCC. The Kier molecular flexibility index (Phi) is 29.6. The van der Waals surface area contributed by atoms with E-state index in [1.807, 2.05) is 0 Å². The highest BCUT2D eigenvalue weighted by molar-refractivity contribution is 5.87. The standard InChI is InChI=1S/C34H63NO6/c1-3-5-7-9-11-13-15-16-17-18-19-20-22-24-26-28-32(37)41-34(39)35-31(30-36)33(38)40-29-27-25-23-21-14-12-10-8-6-4-2/h16-17,31,36H,3-15,18-30H2,1-2H3,(H,35,39). The smallest absolute Gasteiger partial charge is 0.415 e. The quantitative estimate of drug-likeness (QED) is 0.0395. The van der Waals surface area contributed by atoms with Crippen molar-refractivity contribution in [1.82, 2.24) is 5.32 Å². The molecular formula is C34H63NO6. The van der Waals surface area contributed by atoms with Gasteiger partial charge in [0.15, 0.2) is 6.04 Å². The van der Waals surface area contributed by atoms with Crippen LogP contribution in [0.1, 0.15) is 168 Å². The number of esters is 2. The molecule has 1 atom stereocenters. The van der Waals surface area contributed by atoms with Crippen LogP contribution in [0.3, 0.4) is 0 Å². The largest absolute Gasteiger partial charge is 0.464 e. The van der Waals surface area contributed by atoms with E-state index in [0.717, 1.165) is 51.4 Å². The number of amides is 1. The maximum Gasteiger partial charge on any atom is 0.415 e. The third kappa shape index (κ3) is 28.0. The minimum Gasteiger partial charge on any atom is -0.464 e. The molecule has 1 amide bonds. The fraction of sp³-hybridized carbons (Fsp3) is 0.853. The molecule has 0 aliphatic heterocycles. The molecule has 7 nitrogen and oxygen atoms in total. The van der Waals surface area contributed by atoms with Crippen LogP contribution in [0, 0.1) is 0 Å². The van der Waals surface area contributed by atoms with Crippen LogP contribution in [-0.2, 0) is 19.1 Å². The van der Waals surface area contributed by atoms with Crippen molar-refractivity contribution in [1.29, 1.82) is 0 Å². The Morgan fingerprint density at radius 2 is 1.07 bits per heavy atom. The van der Waals surface area contributed by atoms with Crippen molar-refractivity contribution >= 4 is 18.0 Å². The first-order valence-corrected chi connectivity index (χ1v) is 17.0. The van der Waals surface area contributed by atoms with Crippen LogP contribution < -0.4 is 5.32 Å². The van der Waals surface area contributed by atoms with Crippen LogP contribution in [0.5, 0.6) is 0 Å². The molecule has 0 aromatic carbocycles. The van der Waals surface area contributed by atoms with E-state index >= 15 is 0 Å². The molecule has 7 heteroatoms. The van der Waals surface area contributed by atoms with Crippen molar-refractivity contribution < 1.29 is 29.0 Å². The fourth-order valence-corrected chi connectivity index (χ4v) is 4.71. The van der Waals surface area contributed by atoms with E-state index in [2.05, 4.69) is 31.3 Å². The second-order valence-electron chi connectivity index (χ2n) is 11.3. The number of aliphatic hydroxyl groups is 1. The van der Waals surface area contributed by atoms with Crippen molar-refractivity contribution in [2.45, 2.75) is 174 Å². The summed E-state index contributed by atoms with van der Waals surface area (Å²) in [6.45, 7) is 4.10. The van der Waals surface area contributed by atoms with Crippen molar-refractivity contribution in [3.8, 4) is 0 Å². The lowest BCUT2D eigenvalue weighted by Crippen LogP contribution is -2.45. The molecule has 0 spiro atoms. The molecule has 0 rings (SSSR count). The van der Waals surface area contributed by atoms with Gasteiger partial charge >= 0.3 is 18.0 Å². The number of carbonyl (C=O) groups is 3. The van der Waals surface area contributed by atoms with Gasteiger partial charge in [0.25, 0.3) is 0 Å². The van der Waals surface area contributed by atoms with Gasteiger partial charge in [-0.05, 0) is 38.5 Å². The Bertz CT molecular complexity index is 651. The zero-order valence-corrected chi connectivity index (χ0v) is 26.6. The van der Waals surface area contributed by atoms with Gasteiger partial charge in [0.2, 0.25) is 0 Å². The van der Waals surface area contributed by atoms with Gasteiger partial charge in [-0.15, -0.1) is 0 Å². The Morgan fingerprint density at radius 3 is 1.56 bits per heavy atom. The normalized spacial score (nSPS) is 12.0. The molecule has 0 radical (unpaired) electrons. The van der Waals surface area contributed by atoms with E-state index < -0.39 is 30.7 Å². The van der Waals surface area contributed by atoms with Crippen LogP contribution in [0.15, 0.2) is 12.2 Å². The predicted octanol–water partition coefficient (Wildman–Crippen LogP) is 9.10. The molecule has 0 bridgehead atoms. The highest BCUT2D eigenvalue weighted by Crippen LogP contribution is 2.12. The highest BCUT2D eigenvalue weighted by atomic mass is 16.6. The van der Waals surface area contributed by atoms with Crippen molar-refractivity contribution in [3.63, 3.8) is 0 Å². The molecule has 41 heavy (non-hydrogen) atoms. The zero-order valence-electron chi connectivity index (χ0n) is 26.6. The lowest BCUT2D eigenvalue weighted by atomic mass is 10.1. The summed E-state index contributed by atoms with van der Waals surface area (Å²) < 4.78 is 9.92. The molecule has 0 aromatic heterocycles. The van der Waals surface area contributed by atoms with Gasteiger partial charge in [-0.25, -0.2) is 9.59 Å². The van der Waals surface area contributed by atoms with E-state index in [-0.39, 0.29) is 13.0 Å². The monoisotopic (exact) mass is 581 g/mol. The van der Waals surface area contributed by atoms with Crippen molar-refractivity contribution in [2.24, 2.45) is 0 Å². The van der Waals surface area contributed by atoms with Crippen LogP contribution >= 0.6 is 0 Å². The second-order valence-corrected chi connectivity index (χ2v) is 11.3. The lowest BCUT2D eigenvalue weighted by molar-refractivity contribution is -0.148. The van der Waals surface area contributed by atoms with Crippen LogP contribution in [0.25, 0.3) is 0 Å². The van der Waals surface area contributed by atoms with E-state index in [1.165, 1.54) is 89.9 Å². The van der Waals surface area contributed by atoms with Gasteiger partial charge in [0.1, 0.15) is 0 Å². The Balaban J connectivity index is 3.71. The van der Waals surface area contributed by atoms with Crippen LogP contribution in [-0.4, -0.2) is 42.4 Å². The molecule has 240 valence electrons. The van der Waals surface area contributed by atoms with Gasteiger partial charge in [-0.3, -0.25) is 4.79 Å². The number of alkyl carbamates (subject to hydrolysis) is 1. The molecule has 0 aliphatic rings. The summed E-state index contributed by atoms with van der Waals surface area (Å²) in [5, 5.41) is 11.7. The summed E-state index contributed by atoms with van der Waals surface area (Å²) in [7, 11) is 0. The summed E-state index contributed by atoms with van der Waals surface area (Å²) in [5.41, 5.74) is 0. The van der Waals surface area contributed by atoms with Gasteiger partial charge in [0.05, 0.1) is 13.2 Å². The first-order valence-electron chi connectivity index (χ1n) is 17.0. The molecule has 0 aliphatic carbocycles. The maximum absolute atomic E-state index is 12.1. The van der Waals surface area contributed by atoms with Crippen LogP contribution in [0.4, 0.5) is 4.79 Å². The summed E-state index contributed by atoms with van der Waals surface area (Å²) in [6, 6.07) is -1.24. The van der Waals surface area contributed by atoms with Gasteiger partial charge in [-0.2, -0.15) is 0 Å². The van der Waals surface area contributed by atoms with E-state index in [0.29, 0.717) is 6.42 Å². The first-order chi connectivity index (χ1) is 20.0. The Morgan fingerprint density at radius 1 is 0.634 bits per heavy atom. The van der Waals surface area contributed by atoms with Gasteiger partial charge in [0, 0.05) is 6.42 Å². The topological polar surface area (TPSA) is 102 Å². The molecule has 0 saturated heterocycles. The highest BCUT2D eigenvalue weighted by Gasteiger charge is 2.23. The Labute approximate surface area is 251 Å². The average Bonchev–Trinajstić information content (AvgIpc) is 2.96. The minimum absolute atomic E-state index is 0.151. The lowest BCUT2D eigenvalue weighted by Gasteiger charge is -2.15. The van der Waals surface area contributed by atoms with E-state index in [9.17, 15) is 19.5 Å². The molecule has 1 unspecified atom stereocenters. The van der Waals surface area contributed by atoms with Crippen LogP contribution in [0.2, 0.25) is 0 Å². The summed E-state index contributed by atoms with van der Waals surface area (Å²) in [4.78, 5) is 36.1. The summed E-state index contributed by atoms with van der Waals surface area (Å²) >= 11 is 0. The molecule has 0 fully saturated rings. The van der Waals surface area contributed by atoms with E-state index in [4.69, 9.17) is 9.47 Å². The number of unbranched alkanes of at least 4 members (excludes halogenated alkanes) is 20. The van der Waals surface area contributed by atoms with Crippen molar-refractivity contribution in [3.05, 3.63) is 12.2 Å². The third-order valence-electron chi connectivity index (χ3n) is 7.35. The van der Waals surface area contributed by atoms with E-state index in [1.54, 1.807) is 0 Å². The average molecular weight is 582 g/mol. The fourth-order valence-electron chi connectivity index (χ4n) is 4.71. The molecule has 2 N–H and O–H groups in total. The zero-order chi connectivity index (χ0) is 30.2. The van der Waals surface area contributed by atoms with Gasteiger partial charge in [-0.1, -0.05) is 135 Å². The van der Waals surface area contributed by atoms with Crippen molar-refractivity contribution in [2.75, 3.05) is 13.2 Å². The molecular weight excluding hydrogens is 518 g/mol. The predicted molar refractivity (Wildman–Crippen MR) is 168 cm³/mol. The molecule has 0 heterocycles. The summed E-state index contributed by atoms with van der Waals surface area (Å²) in [6.07, 6.45) is 30.7. The number of allylic oxidation sites excluding steroid dienone is 2. The second kappa shape index (κ2) is 31.1. The number of hydrogen-bond acceptors (Lipinski definition) is 6. The number of aliphatic hydroxyl groups excluding tert-OH is 1.